The molecular formula is C48H58FN7O10. The molecule has 66 heavy (non-hydrogen) atoms. The minimum Gasteiger partial charge on any atom is -0.458 e. The maximum atomic E-state index is 15.4. The molecule has 0 saturated heterocycles. The van der Waals surface area contributed by atoms with Gasteiger partial charge in [0.05, 0.1) is 53.8 Å². The summed E-state index contributed by atoms with van der Waals surface area (Å²) in [6, 6.07) is 10.7. The van der Waals surface area contributed by atoms with E-state index < -0.39 is 47.0 Å². The number of aliphatic hydroxyl groups excluding tert-OH is 2. The van der Waals surface area contributed by atoms with Gasteiger partial charge < -0.3 is 46.3 Å². The number of hydrogen-bond acceptors (Lipinski definition) is 13. The number of halogens is 1. The molecule has 2 aliphatic heterocycles. The van der Waals surface area contributed by atoms with Gasteiger partial charge in [0, 0.05) is 81.0 Å². The predicted octanol–water partition coefficient (Wildman–Crippen LogP) is 1.61. The summed E-state index contributed by atoms with van der Waals surface area (Å²) in [5, 5.41) is 40.4. The van der Waals surface area contributed by atoms with E-state index in [1.54, 1.807) is 19.9 Å². The van der Waals surface area contributed by atoms with Crippen molar-refractivity contribution in [1.82, 2.24) is 30.4 Å². The largest absolute Gasteiger partial charge is 0.458 e. The number of aryl methyl sites for hydroxylation is 1. The number of aromatic nitrogens is 2. The van der Waals surface area contributed by atoms with Gasteiger partial charge in [0.25, 0.3) is 5.56 Å². The van der Waals surface area contributed by atoms with E-state index in [9.17, 15) is 44.1 Å². The molecule has 1 unspecified atom stereocenters. The smallest absolute Gasteiger partial charge is 0.343 e. The number of hydrogen-bond donors (Lipinski definition) is 7. The van der Waals surface area contributed by atoms with Gasteiger partial charge in [0.1, 0.15) is 12.4 Å². The average molecular weight is 912 g/mol. The molecule has 4 atom stereocenters. The number of amides is 3. The molecule has 8 N–H and O–H groups in total. The number of carbonyl (C=O) groups excluding carboxylic acids is 5. The van der Waals surface area contributed by atoms with Crippen molar-refractivity contribution in [3.63, 3.8) is 0 Å². The minimum absolute atomic E-state index is 0.00865. The van der Waals surface area contributed by atoms with Gasteiger partial charge in [-0.25, -0.2) is 14.2 Å². The number of benzene rings is 2. The van der Waals surface area contributed by atoms with E-state index in [1.165, 1.54) is 10.6 Å². The second-order valence-corrected chi connectivity index (χ2v) is 17.3. The van der Waals surface area contributed by atoms with Crippen LogP contribution in [-0.2, 0) is 60.3 Å². The molecule has 4 aromatic rings. The number of nitrogens with one attached hydrogen (secondary N) is 3. The number of Topliss-reactive ketones (excluding diaryl/α,β-unsaturated/α-hetero) is 1. The van der Waals surface area contributed by atoms with Crippen LogP contribution in [0.1, 0.15) is 96.9 Å². The van der Waals surface area contributed by atoms with E-state index >= 15 is 4.39 Å². The van der Waals surface area contributed by atoms with E-state index in [2.05, 4.69) is 16.0 Å². The second-order valence-electron chi connectivity index (χ2n) is 17.3. The molecule has 4 heterocycles. The van der Waals surface area contributed by atoms with Crippen LogP contribution in [-0.4, -0.2) is 111 Å². The molecule has 0 bridgehead atoms. The van der Waals surface area contributed by atoms with Gasteiger partial charge in [-0.1, -0.05) is 37.3 Å². The Morgan fingerprint density at radius 1 is 1.02 bits per heavy atom. The number of nitrogens with two attached hydrogens (primary N) is 1. The average Bonchev–Trinajstić information content (AvgIpc) is 3.68. The normalized spacial score (nSPS) is 17.9. The van der Waals surface area contributed by atoms with Crippen molar-refractivity contribution in [2.45, 2.75) is 109 Å². The van der Waals surface area contributed by atoms with E-state index in [1.807, 2.05) is 35.2 Å². The van der Waals surface area contributed by atoms with Crippen molar-refractivity contribution < 1.29 is 48.4 Å². The lowest BCUT2D eigenvalue weighted by atomic mass is 9.81. The zero-order chi connectivity index (χ0) is 47.3. The number of fused-ring (bicyclic) bond motifs is 5. The van der Waals surface area contributed by atoms with Crippen molar-refractivity contribution in [3.8, 4) is 11.4 Å². The zero-order valence-corrected chi connectivity index (χ0v) is 37.3. The number of rotatable bonds is 21. The van der Waals surface area contributed by atoms with Crippen molar-refractivity contribution in [1.29, 1.82) is 0 Å². The molecule has 18 heteroatoms. The summed E-state index contributed by atoms with van der Waals surface area (Å²) in [7, 11) is 0. The third-order valence-corrected chi connectivity index (χ3v) is 13.1. The first-order valence-electron chi connectivity index (χ1n) is 22.6. The van der Waals surface area contributed by atoms with Crippen LogP contribution in [0.2, 0.25) is 0 Å². The lowest BCUT2D eigenvalue weighted by molar-refractivity contribution is -0.172. The van der Waals surface area contributed by atoms with Crippen LogP contribution in [0.4, 0.5) is 4.39 Å². The third kappa shape index (κ3) is 10.1. The molecule has 3 amide bonds. The van der Waals surface area contributed by atoms with Gasteiger partial charge in [-0.05, 0) is 67.3 Å². The first-order valence-corrected chi connectivity index (χ1v) is 22.6. The van der Waals surface area contributed by atoms with Crippen molar-refractivity contribution in [2.24, 2.45) is 5.73 Å². The van der Waals surface area contributed by atoms with E-state index in [4.69, 9.17) is 15.5 Å². The fraction of sp³-hybridized carbons (Fsp3) is 0.479. The number of ketones is 1. The topological polar surface area (TPSA) is 256 Å². The van der Waals surface area contributed by atoms with E-state index in [-0.39, 0.29) is 120 Å². The highest BCUT2D eigenvalue weighted by Crippen LogP contribution is 2.46. The summed E-state index contributed by atoms with van der Waals surface area (Å²) in [5.74, 6) is -2.65. The molecule has 17 nitrogen and oxygen atoms in total. The molecule has 2 aromatic heterocycles. The summed E-state index contributed by atoms with van der Waals surface area (Å²) < 4.78 is 22.1. The maximum absolute atomic E-state index is 15.4. The highest BCUT2D eigenvalue weighted by Gasteiger charge is 2.46. The number of ether oxygens (including phenoxy) is 1. The fourth-order valence-corrected chi connectivity index (χ4v) is 9.33. The maximum Gasteiger partial charge on any atom is 0.343 e. The monoisotopic (exact) mass is 911 g/mol. The van der Waals surface area contributed by atoms with Crippen molar-refractivity contribution >= 4 is 40.4 Å². The summed E-state index contributed by atoms with van der Waals surface area (Å²) in [5.41, 5.74) is 7.96. The fourth-order valence-electron chi connectivity index (χ4n) is 9.33. The number of nitrogens with zero attached hydrogens (tertiary/aromatic N) is 3. The standard InChI is InChI=1S/C48H58FN7O10/c1-3-48(65)33-22-38-45-31(25-56(38)46(63)32(33)26-66-47(48)64)44-35(11-10-30-27(2)34(49)23-37(54-45)43(30)44)52-42(62)15-17-55(19-20-57)18-16-51-40(60)14-12-39(59)36(21-28-7-5-4-6-8-28)53-41(61)13-9-29(58)24-50/h4-8,22-23,29,35-36,57-58,65H,3,9-21,24-26,50H2,1-2H3,(H,51,60)(H,52,62)(H,53,61)/t29?,35-,36-,48-/m0/s1. The molecular weight excluding hydrogens is 854 g/mol. The summed E-state index contributed by atoms with van der Waals surface area (Å²) >= 11 is 0. The molecule has 1 aliphatic carbocycles. The molecule has 0 spiro atoms. The Morgan fingerprint density at radius 3 is 2.52 bits per heavy atom. The van der Waals surface area contributed by atoms with Crippen LogP contribution in [0.3, 0.4) is 0 Å². The van der Waals surface area contributed by atoms with Gasteiger partial charge >= 0.3 is 5.97 Å². The first kappa shape index (κ1) is 48.0. The quantitative estimate of drug-likeness (QED) is 0.0518. The third-order valence-electron chi connectivity index (χ3n) is 13.1. The Morgan fingerprint density at radius 2 is 1.79 bits per heavy atom. The molecule has 7 rings (SSSR count). The Bertz CT molecular complexity index is 2590. The number of esters is 1. The van der Waals surface area contributed by atoms with Crippen LogP contribution in [0.5, 0.6) is 0 Å². The van der Waals surface area contributed by atoms with Gasteiger partial charge in [0.2, 0.25) is 17.7 Å². The number of carbonyl (C=O) groups is 5. The molecule has 352 valence electrons. The van der Waals surface area contributed by atoms with Crippen LogP contribution in [0.25, 0.3) is 22.3 Å². The van der Waals surface area contributed by atoms with Gasteiger partial charge in [0.15, 0.2) is 11.4 Å². The van der Waals surface area contributed by atoms with Crippen LogP contribution >= 0.6 is 0 Å². The Balaban J connectivity index is 0.985. The second kappa shape index (κ2) is 20.7. The molecule has 0 fully saturated rings. The van der Waals surface area contributed by atoms with Gasteiger partial charge in [-0.15, -0.1) is 0 Å². The predicted molar refractivity (Wildman–Crippen MR) is 240 cm³/mol. The Labute approximate surface area is 380 Å². The van der Waals surface area contributed by atoms with Gasteiger partial charge in [-0.2, -0.15) is 0 Å². The van der Waals surface area contributed by atoms with E-state index in [0.717, 1.165) is 16.7 Å². The van der Waals surface area contributed by atoms with E-state index in [0.29, 0.717) is 52.8 Å². The summed E-state index contributed by atoms with van der Waals surface area (Å²) in [4.78, 5) is 86.0. The Hall–Kier alpha value is -5.92. The highest BCUT2D eigenvalue weighted by atomic mass is 19.1. The van der Waals surface area contributed by atoms with Crippen LogP contribution in [0, 0.1) is 12.7 Å². The lowest BCUT2D eigenvalue weighted by Crippen LogP contribution is -2.44. The number of cyclic esters (lactones) is 1. The zero-order valence-electron chi connectivity index (χ0n) is 37.3. The van der Waals surface area contributed by atoms with Crippen LogP contribution < -0.4 is 27.2 Å². The SMILES string of the molecule is CC[C@@]1(O)C(=O)OCc2c1cc1n(c2=O)Cc2c-1nc1cc(F)c(C)c3c1c2[C@@H](NC(=O)CCN(CCO)CCNC(=O)CCC(=O)[C@H](Cc1ccccc1)NC(=O)CCC(O)CN)CC3. The molecule has 0 radical (unpaired) electrons. The molecule has 3 aliphatic rings. The van der Waals surface area contributed by atoms with Crippen molar-refractivity contribution in [3.05, 3.63) is 97.6 Å². The first-order chi connectivity index (χ1) is 31.7. The Kier molecular flexibility index (Phi) is 15.1. The minimum atomic E-state index is -2.02. The van der Waals surface area contributed by atoms with Gasteiger partial charge in [-0.3, -0.25) is 28.9 Å². The molecule has 0 saturated carbocycles. The highest BCUT2D eigenvalue weighted by molar-refractivity contribution is 5.94. The lowest BCUT2D eigenvalue weighted by Gasteiger charge is -2.31. The number of pyridine rings is 2. The van der Waals surface area contributed by atoms with Crippen molar-refractivity contribution in [2.75, 3.05) is 39.3 Å². The number of aliphatic hydroxyl groups is 3. The van der Waals surface area contributed by atoms with Crippen LogP contribution in [0.15, 0.2) is 47.3 Å². The summed E-state index contributed by atoms with van der Waals surface area (Å²) in [6.45, 7) is 3.92. The summed E-state index contributed by atoms with van der Waals surface area (Å²) in [6.07, 6.45) is 0.245. The molecule has 2 aromatic carbocycles.